The zero-order chi connectivity index (χ0) is 21.4. The fraction of sp³-hybridized carbons (Fsp3) is 0.524. The Labute approximate surface area is 178 Å². The van der Waals surface area contributed by atoms with Crippen molar-refractivity contribution in [3.8, 4) is 17.2 Å². The first-order valence-corrected chi connectivity index (χ1v) is 10.1. The molecule has 1 aromatic carbocycles. The number of methoxy groups -OCH3 is 3. The number of ether oxygens (including phenoxy) is 3. The monoisotopic (exact) mass is 421 g/mol. The van der Waals surface area contributed by atoms with Gasteiger partial charge in [-0.3, -0.25) is 15.6 Å². The topological polar surface area (TPSA) is 80.9 Å². The van der Waals surface area contributed by atoms with Crippen LogP contribution in [0.1, 0.15) is 38.7 Å². The highest BCUT2D eigenvalue weighted by molar-refractivity contribution is 7.80. The van der Waals surface area contributed by atoms with Crippen LogP contribution in [0, 0.1) is 11.8 Å². The lowest BCUT2D eigenvalue weighted by Gasteiger charge is -2.35. The van der Waals surface area contributed by atoms with E-state index in [1.807, 2.05) is 0 Å². The first-order valence-electron chi connectivity index (χ1n) is 9.74. The molecule has 1 aliphatic carbocycles. The predicted octanol–water partition coefficient (Wildman–Crippen LogP) is 3.05. The Morgan fingerprint density at radius 1 is 1.03 bits per heavy atom. The molecule has 0 spiro atoms. The van der Waals surface area contributed by atoms with E-state index in [2.05, 4.69) is 30.0 Å². The number of benzene rings is 1. The zero-order valence-electron chi connectivity index (χ0n) is 17.7. The van der Waals surface area contributed by atoms with Crippen molar-refractivity contribution in [2.24, 2.45) is 11.8 Å². The molecule has 7 nitrogen and oxygen atoms in total. The van der Waals surface area contributed by atoms with Crippen LogP contribution in [0.15, 0.2) is 18.2 Å². The van der Waals surface area contributed by atoms with Crippen molar-refractivity contribution in [3.05, 3.63) is 23.8 Å². The second-order valence-electron chi connectivity index (χ2n) is 7.24. The number of hydrogen-bond donors (Lipinski definition) is 3. The molecule has 0 bridgehead atoms. The summed E-state index contributed by atoms with van der Waals surface area (Å²) >= 11 is 5.31. The third kappa shape index (κ3) is 6.25. The van der Waals surface area contributed by atoms with Crippen molar-refractivity contribution in [2.45, 2.75) is 39.2 Å². The summed E-state index contributed by atoms with van der Waals surface area (Å²) in [6.45, 7) is 4.51. The Morgan fingerprint density at radius 3 is 2.34 bits per heavy atom. The van der Waals surface area contributed by atoms with E-state index in [-0.39, 0.29) is 5.91 Å². The van der Waals surface area contributed by atoms with Crippen LogP contribution in [0.25, 0.3) is 6.08 Å². The quantitative estimate of drug-likeness (QED) is 0.370. The molecule has 3 atom stereocenters. The second kappa shape index (κ2) is 10.9. The minimum atomic E-state index is -0.337. The van der Waals surface area contributed by atoms with Crippen LogP contribution in [0.4, 0.5) is 0 Å². The van der Waals surface area contributed by atoms with E-state index in [0.717, 1.165) is 6.42 Å². The lowest BCUT2D eigenvalue weighted by Crippen LogP contribution is -2.52. The Kier molecular flexibility index (Phi) is 8.57. The molecule has 8 heteroatoms. The molecule has 1 aromatic rings. The van der Waals surface area contributed by atoms with Crippen molar-refractivity contribution >= 4 is 29.3 Å². The van der Waals surface area contributed by atoms with Gasteiger partial charge < -0.3 is 19.5 Å². The highest BCUT2D eigenvalue weighted by Crippen LogP contribution is 2.35. The Bertz CT molecular complexity index is 754. The second-order valence-corrected chi connectivity index (χ2v) is 7.65. The Hall–Kier alpha value is -2.48. The first kappa shape index (κ1) is 22.8. The van der Waals surface area contributed by atoms with Gasteiger partial charge in [-0.1, -0.05) is 26.7 Å². The number of nitrogens with one attached hydrogen (secondary N) is 3. The molecule has 1 fully saturated rings. The molecule has 1 saturated carbocycles. The lowest BCUT2D eigenvalue weighted by molar-refractivity contribution is -0.116. The Balaban J connectivity index is 1.92. The molecule has 160 valence electrons. The van der Waals surface area contributed by atoms with Gasteiger partial charge in [0.25, 0.3) is 5.91 Å². The van der Waals surface area contributed by atoms with E-state index >= 15 is 0 Å². The molecule has 1 amide bonds. The fourth-order valence-corrected chi connectivity index (χ4v) is 3.70. The smallest absolute Gasteiger partial charge is 0.262 e. The minimum Gasteiger partial charge on any atom is -0.496 e. The van der Waals surface area contributed by atoms with Gasteiger partial charge in [-0.2, -0.15) is 0 Å². The SMILES string of the molecule is COc1cc(OC)c(OC)cc1/C=C/C(=O)NNC(=S)N[C@H]1CCC[C@@H](C)[C@H]1C. The van der Waals surface area contributed by atoms with Crippen LogP contribution < -0.4 is 30.4 Å². The summed E-state index contributed by atoms with van der Waals surface area (Å²) in [5.41, 5.74) is 6.03. The summed E-state index contributed by atoms with van der Waals surface area (Å²) in [5, 5.41) is 3.72. The third-order valence-electron chi connectivity index (χ3n) is 5.47. The number of thiocarbonyl (C=S) groups is 1. The summed E-state index contributed by atoms with van der Waals surface area (Å²) in [5.74, 6) is 2.53. The molecule has 0 saturated heterocycles. The number of carbonyl (C=O) groups is 1. The van der Waals surface area contributed by atoms with Crippen LogP contribution in [-0.2, 0) is 4.79 Å². The van der Waals surface area contributed by atoms with E-state index < -0.39 is 0 Å². The average Bonchev–Trinajstić information content (AvgIpc) is 2.73. The number of amides is 1. The molecular weight excluding hydrogens is 390 g/mol. The molecule has 2 rings (SSSR count). The van der Waals surface area contributed by atoms with Gasteiger partial charge in [0.15, 0.2) is 16.6 Å². The van der Waals surface area contributed by atoms with Crippen LogP contribution >= 0.6 is 12.2 Å². The van der Waals surface area contributed by atoms with Gasteiger partial charge in [-0.15, -0.1) is 0 Å². The van der Waals surface area contributed by atoms with E-state index in [1.165, 1.54) is 18.9 Å². The minimum absolute atomic E-state index is 0.321. The maximum absolute atomic E-state index is 12.2. The largest absolute Gasteiger partial charge is 0.496 e. The highest BCUT2D eigenvalue weighted by Gasteiger charge is 2.27. The normalized spacial score (nSPS) is 21.3. The van der Waals surface area contributed by atoms with Crippen molar-refractivity contribution in [1.82, 2.24) is 16.2 Å². The summed E-state index contributed by atoms with van der Waals surface area (Å²) < 4.78 is 15.9. The zero-order valence-corrected chi connectivity index (χ0v) is 18.5. The van der Waals surface area contributed by atoms with Crippen LogP contribution in [0.3, 0.4) is 0 Å². The van der Waals surface area contributed by atoms with E-state index in [0.29, 0.717) is 45.8 Å². The molecule has 3 N–H and O–H groups in total. The number of hydrazine groups is 1. The average molecular weight is 422 g/mol. The standard InChI is InChI=1S/C21H31N3O4S/c1-13-7-6-8-16(14(13)2)22-21(29)24-23-20(25)10-9-15-11-18(27-4)19(28-5)12-17(15)26-3/h9-14,16H,6-8H2,1-5H3,(H,23,25)(H2,22,24,29)/b10-9+/t13-,14-,16+/m1/s1. The number of hydrogen-bond acceptors (Lipinski definition) is 5. The molecule has 1 aliphatic rings. The van der Waals surface area contributed by atoms with Crippen LogP contribution in [-0.4, -0.2) is 38.4 Å². The van der Waals surface area contributed by atoms with Crippen molar-refractivity contribution in [2.75, 3.05) is 21.3 Å². The van der Waals surface area contributed by atoms with E-state index in [1.54, 1.807) is 39.5 Å². The van der Waals surface area contributed by atoms with Gasteiger partial charge in [0.05, 0.1) is 21.3 Å². The molecule has 0 unspecified atom stereocenters. The molecule has 0 radical (unpaired) electrons. The Morgan fingerprint density at radius 2 is 1.69 bits per heavy atom. The summed E-state index contributed by atoms with van der Waals surface area (Å²) in [7, 11) is 4.66. The number of rotatable bonds is 6. The third-order valence-corrected chi connectivity index (χ3v) is 5.69. The van der Waals surface area contributed by atoms with Gasteiger partial charge in [0.2, 0.25) is 0 Å². The van der Waals surface area contributed by atoms with Crippen molar-refractivity contribution in [1.29, 1.82) is 0 Å². The van der Waals surface area contributed by atoms with Crippen LogP contribution in [0.2, 0.25) is 0 Å². The maximum atomic E-state index is 12.2. The van der Waals surface area contributed by atoms with Gasteiger partial charge in [0.1, 0.15) is 5.75 Å². The highest BCUT2D eigenvalue weighted by atomic mass is 32.1. The van der Waals surface area contributed by atoms with Gasteiger partial charge >= 0.3 is 0 Å². The first-order chi connectivity index (χ1) is 13.9. The molecule has 0 heterocycles. The van der Waals surface area contributed by atoms with Crippen LogP contribution in [0.5, 0.6) is 17.2 Å². The van der Waals surface area contributed by atoms with Gasteiger partial charge in [-0.05, 0) is 42.6 Å². The number of carbonyl (C=O) groups excluding carboxylic acids is 1. The van der Waals surface area contributed by atoms with E-state index in [9.17, 15) is 4.79 Å². The molecule has 0 aromatic heterocycles. The van der Waals surface area contributed by atoms with Crippen molar-refractivity contribution in [3.63, 3.8) is 0 Å². The predicted molar refractivity (Wildman–Crippen MR) is 118 cm³/mol. The van der Waals surface area contributed by atoms with E-state index in [4.69, 9.17) is 26.4 Å². The molecule has 0 aliphatic heterocycles. The summed E-state index contributed by atoms with van der Waals surface area (Å²) in [4.78, 5) is 12.2. The summed E-state index contributed by atoms with van der Waals surface area (Å²) in [6.07, 6.45) is 6.55. The molecule has 29 heavy (non-hydrogen) atoms. The van der Waals surface area contributed by atoms with Gasteiger partial charge in [-0.25, -0.2) is 0 Å². The summed E-state index contributed by atoms with van der Waals surface area (Å²) in [6, 6.07) is 3.77. The fourth-order valence-electron chi connectivity index (χ4n) is 3.50. The molecular formula is C21H31N3O4S. The lowest BCUT2D eigenvalue weighted by atomic mass is 9.78. The van der Waals surface area contributed by atoms with Gasteiger partial charge in [0, 0.05) is 23.7 Å². The maximum Gasteiger partial charge on any atom is 0.262 e. The van der Waals surface area contributed by atoms with Crippen molar-refractivity contribution < 1.29 is 19.0 Å².